The normalized spacial score (nSPS) is 17.3. The number of hydrogen-bond donors (Lipinski definition) is 0. The third-order valence-corrected chi connectivity index (χ3v) is 4.00. The van der Waals surface area contributed by atoms with Gasteiger partial charge >= 0.3 is 0 Å². The highest BCUT2D eigenvalue weighted by Gasteiger charge is 2.13. The van der Waals surface area contributed by atoms with Crippen LogP contribution in [0.5, 0.6) is 0 Å². The van der Waals surface area contributed by atoms with Gasteiger partial charge in [0.25, 0.3) is 10.0 Å². The monoisotopic (exact) mass is 288 g/mol. The van der Waals surface area contributed by atoms with Crippen LogP contribution >= 0.6 is 11.6 Å². The second-order valence-corrected chi connectivity index (χ2v) is 5.87. The van der Waals surface area contributed by atoms with E-state index in [1.165, 1.54) is 30.6 Å². The van der Waals surface area contributed by atoms with Crippen molar-refractivity contribution < 1.29 is 13.2 Å². The van der Waals surface area contributed by atoms with Crippen LogP contribution in [0.1, 0.15) is 0 Å². The minimum absolute atomic E-state index is 0.136. The highest BCUT2D eigenvalue weighted by Crippen LogP contribution is 2.15. The number of halogens is 1. The third-order valence-electron chi connectivity index (χ3n) is 2.51. The molecule has 0 spiro atoms. The van der Waals surface area contributed by atoms with Gasteiger partial charge in [0.2, 0.25) is 0 Å². The maximum Gasteiger partial charge on any atom is 0.283 e. The van der Waals surface area contributed by atoms with Gasteiger partial charge in [0.15, 0.2) is 0 Å². The van der Waals surface area contributed by atoms with E-state index in [1.54, 1.807) is 0 Å². The molecule has 0 radical (unpaired) electrons. The summed E-state index contributed by atoms with van der Waals surface area (Å²) in [5.74, 6) is 0. The highest BCUT2D eigenvalue weighted by atomic mass is 35.5. The first-order valence-electron chi connectivity index (χ1n) is 5.46. The van der Waals surface area contributed by atoms with Crippen molar-refractivity contribution in [1.82, 2.24) is 4.90 Å². The Morgan fingerprint density at radius 3 is 2.44 bits per heavy atom. The van der Waals surface area contributed by atoms with E-state index in [9.17, 15) is 8.42 Å². The van der Waals surface area contributed by atoms with Gasteiger partial charge in [-0.25, -0.2) is 0 Å². The Labute approximate surface area is 111 Å². The lowest BCUT2D eigenvalue weighted by Gasteiger charge is -2.23. The minimum atomic E-state index is -3.65. The molecule has 1 aliphatic rings. The molecule has 0 atom stereocenters. The number of benzene rings is 1. The first-order valence-corrected chi connectivity index (χ1v) is 7.27. The van der Waals surface area contributed by atoms with Crippen LogP contribution in [0.15, 0.2) is 33.6 Å². The Morgan fingerprint density at radius 2 is 1.83 bits per heavy atom. The van der Waals surface area contributed by atoms with Crippen LogP contribution in [0.25, 0.3) is 0 Å². The topological polar surface area (TPSA) is 59.0 Å². The largest absolute Gasteiger partial charge is 0.378 e. The number of ether oxygens (including phenoxy) is 1. The van der Waals surface area contributed by atoms with Gasteiger partial charge < -0.3 is 9.64 Å². The summed E-state index contributed by atoms with van der Waals surface area (Å²) < 4.78 is 32.6. The van der Waals surface area contributed by atoms with E-state index < -0.39 is 10.0 Å². The summed E-state index contributed by atoms with van der Waals surface area (Å²) >= 11 is 5.71. The summed E-state index contributed by atoms with van der Waals surface area (Å²) in [7, 11) is -3.65. The Morgan fingerprint density at radius 1 is 1.22 bits per heavy atom. The lowest BCUT2D eigenvalue weighted by Crippen LogP contribution is -2.35. The Hall–Kier alpha value is -1.11. The fourth-order valence-electron chi connectivity index (χ4n) is 1.49. The van der Waals surface area contributed by atoms with Gasteiger partial charge in [0.1, 0.15) is 6.34 Å². The van der Waals surface area contributed by atoms with Crippen LogP contribution in [0.4, 0.5) is 0 Å². The SMILES string of the molecule is O=S(=O)(/N=C/N1CCOCC1)c1ccc(Cl)cc1. The quantitative estimate of drug-likeness (QED) is 0.623. The van der Waals surface area contributed by atoms with E-state index in [1.807, 2.05) is 4.90 Å². The Kier molecular flexibility index (Phi) is 4.21. The van der Waals surface area contributed by atoms with Gasteiger partial charge in [0.05, 0.1) is 18.1 Å². The van der Waals surface area contributed by atoms with Crippen molar-refractivity contribution in [3.05, 3.63) is 29.3 Å². The summed E-state index contributed by atoms with van der Waals surface area (Å²) in [5, 5.41) is 0.492. The van der Waals surface area contributed by atoms with E-state index >= 15 is 0 Å². The molecular formula is C11H13ClN2O3S. The molecule has 0 N–H and O–H groups in total. The second-order valence-electron chi connectivity index (χ2n) is 3.80. The zero-order valence-corrected chi connectivity index (χ0v) is 11.2. The molecule has 1 saturated heterocycles. The fourth-order valence-corrected chi connectivity index (χ4v) is 2.47. The van der Waals surface area contributed by atoms with Crippen LogP contribution < -0.4 is 0 Å². The molecule has 0 aromatic heterocycles. The molecule has 0 bridgehead atoms. The second kappa shape index (κ2) is 5.69. The maximum absolute atomic E-state index is 11.9. The molecule has 0 saturated carbocycles. The summed E-state index contributed by atoms with van der Waals surface area (Å²) in [5.41, 5.74) is 0. The molecule has 0 amide bonds. The minimum Gasteiger partial charge on any atom is -0.378 e. The molecule has 1 fully saturated rings. The summed E-state index contributed by atoms with van der Waals surface area (Å²) in [6.45, 7) is 2.49. The van der Waals surface area contributed by atoms with Crippen LogP contribution in [0.2, 0.25) is 5.02 Å². The molecule has 1 aliphatic heterocycles. The lowest BCUT2D eigenvalue weighted by molar-refractivity contribution is 0.0701. The van der Waals surface area contributed by atoms with Crippen molar-refractivity contribution in [2.45, 2.75) is 4.90 Å². The van der Waals surface area contributed by atoms with E-state index in [0.717, 1.165) is 0 Å². The van der Waals surface area contributed by atoms with E-state index in [-0.39, 0.29) is 4.90 Å². The van der Waals surface area contributed by atoms with Gasteiger partial charge in [0, 0.05) is 18.1 Å². The number of hydrogen-bond acceptors (Lipinski definition) is 3. The molecule has 0 unspecified atom stereocenters. The fraction of sp³-hybridized carbons (Fsp3) is 0.364. The molecule has 7 heteroatoms. The predicted molar refractivity (Wildman–Crippen MR) is 69.5 cm³/mol. The van der Waals surface area contributed by atoms with Crippen molar-refractivity contribution in [2.24, 2.45) is 4.40 Å². The number of sulfonamides is 1. The molecule has 1 aromatic carbocycles. The molecule has 5 nitrogen and oxygen atoms in total. The van der Waals surface area contributed by atoms with E-state index in [4.69, 9.17) is 16.3 Å². The van der Waals surface area contributed by atoms with Crippen molar-refractivity contribution >= 4 is 28.0 Å². The number of rotatable bonds is 3. The van der Waals surface area contributed by atoms with Crippen LogP contribution in [0.3, 0.4) is 0 Å². The smallest absolute Gasteiger partial charge is 0.283 e. The van der Waals surface area contributed by atoms with Crippen molar-refractivity contribution in [1.29, 1.82) is 0 Å². The lowest BCUT2D eigenvalue weighted by atomic mass is 10.4. The average Bonchev–Trinajstić information content (AvgIpc) is 2.38. The first kappa shape index (κ1) is 13.3. The zero-order chi connectivity index (χ0) is 13.0. The molecule has 1 aromatic rings. The first-order chi connectivity index (χ1) is 8.58. The van der Waals surface area contributed by atoms with Crippen molar-refractivity contribution in [3.63, 3.8) is 0 Å². The van der Waals surface area contributed by atoms with Gasteiger partial charge in [-0.2, -0.15) is 8.42 Å². The summed E-state index contributed by atoms with van der Waals surface area (Å²) in [4.78, 5) is 1.95. The van der Waals surface area contributed by atoms with Crippen LogP contribution in [-0.4, -0.2) is 46.0 Å². The van der Waals surface area contributed by atoms with Crippen molar-refractivity contribution in [2.75, 3.05) is 26.3 Å². The Balaban J connectivity index is 2.11. The molecule has 2 rings (SSSR count). The number of nitrogens with zero attached hydrogens (tertiary/aromatic N) is 2. The molecule has 18 heavy (non-hydrogen) atoms. The zero-order valence-electron chi connectivity index (χ0n) is 9.62. The summed E-state index contributed by atoms with van der Waals surface area (Å²) in [6.07, 6.45) is 1.35. The molecule has 1 heterocycles. The summed E-state index contributed by atoms with van der Waals surface area (Å²) in [6, 6.07) is 5.93. The average molecular weight is 289 g/mol. The van der Waals surface area contributed by atoms with Gasteiger partial charge in [-0.3, -0.25) is 0 Å². The third kappa shape index (κ3) is 3.44. The van der Waals surface area contributed by atoms with E-state index in [0.29, 0.717) is 31.3 Å². The van der Waals surface area contributed by atoms with Gasteiger partial charge in [-0.1, -0.05) is 11.6 Å². The van der Waals surface area contributed by atoms with Crippen molar-refractivity contribution in [3.8, 4) is 0 Å². The van der Waals surface area contributed by atoms with Gasteiger partial charge in [-0.15, -0.1) is 4.40 Å². The molecular weight excluding hydrogens is 276 g/mol. The molecule has 98 valence electrons. The predicted octanol–water partition coefficient (Wildman–Crippen LogP) is 1.39. The number of morpholine rings is 1. The van der Waals surface area contributed by atoms with Gasteiger partial charge in [-0.05, 0) is 24.3 Å². The Bertz CT molecular complexity index is 522. The molecule has 0 aliphatic carbocycles. The highest BCUT2D eigenvalue weighted by molar-refractivity contribution is 7.90. The van der Waals surface area contributed by atoms with Crippen LogP contribution in [-0.2, 0) is 14.8 Å². The maximum atomic E-state index is 11.9. The van der Waals surface area contributed by atoms with Crippen LogP contribution in [0, 0.1) is 0 Å². The standard InChI is InChI=1S/C11H13ClN2O3S/c12-10-1-3-11(4-2-10)18(15,16)13-9-14-5-7-17-8-6-14/h1-4,9H,5-8H2/b13-9+. The van der Waals surface area contributed by atoms with E-state index in [2.05, 4.69) is 4.40 Å².